The first kappa shape index (κ1) is 17.2. The van der Waals surface area contributed by atoms with Gasteiger partial charge in [-0.1, -0.05) is 30.3 Å². The van der Waals surface area contributed by atoms with Gasteiger partial charge in [-0.3, -0.25) is 4.79 Å². The molecule has 0 amide bonds. The number of aryl methyl sites for hydroxylation is 1. The lowest BCUT2D eigenvalue weighted by molar-refractivity contribution is 0.702. The van der Waals surface area contributed by atoms with Crippen LogP contribution in [0.25, 0.3) is 11.2 Å². The highest BCUT2D eigenvalue weighted by molar-refractivity contribution is 5.85. The molecular weight excluding hydrogens is 314 g/mol. The van der Waals surface area contributed by atoms with E-state index in [0.717, 1.165) is 24.9 Å². The lowest BCUT2D eigenvalue weighted by Gasteiger charge is -2.04. The number of halogens is 1. The van der Waals surface area contributed by atoms with Gasteiger partial charge in [-0.2, -0.15) is 0 Å². The van der Waals surface area contributed by atoms with Gasteiger partial charge < -0.3 is 14.9 Å². The van der Waals surface area contributed by atoms with E-state index in [1.807, 2.05) is 41.9 Å². The molecule has 3 rings (SSSR count). The summed E-state index contributed by atoms with van der Waals surface area (Å²) in [7, 11) is 1.91. The third-order valence-electron chi connectivity index (χ3n) is 3.57. The molecule has 6 nitrogen and oxygen atoms in total. The minimum atomic E-state index is -0.127. The smallest absolute Gasteiger partial charge is 0.277 e. The summed E-state index contributed by atoms with van der Waals surface area (Å²) in [6.45, 7) is 1.51. The van der Waals surface area contributed by atoms with E-state index in [4.69, 9.17) is 0 Å². The summed E-state index contributed by atoms with van der Waals surface area (Å²) in [5.41, 5.74) is 2.04. The van der Waals surface area contributed by atoms with Gasteiger partial charge in [0.25, 0.3) is 5.56 Å². The molecule has 0 aliphatic carbocycles. The van der Waals surface area contributed by atoms with Crippen molar-refractivity contribution in [1.82, 2.24) is 24.8 Å². The molecule has 2 heterocycles. The minimum absolute atomic E-state index is 0. The van der Waals surface area contributed by atoms with Crippen molar-refractivity contribution in [2.45, 2.75) is 19.4 Å². The monoisotopic (exact) mass is 333 g/mol. The van der Waals surface area contributed by atoms with Crippen molar-refractivity contribution < 1.29 is 0 Å². The Morgan fingerprint density at radius 3 is 2.78 bits per heavy atom. The largest absolute Gasteiger partial charge is 0.320 e. The molecule has 0 fully saturated rings. The van der Waals surface area contributed by atoms with E-state index in [0.29, 0.717) is 23.5 Å². The molecule has 0 atom stereocenters. The maximum atomic E-state index is 12.3. The molecule has 23 heavy (non-hydrogen) atoms. The Morgan fingerprint density at radius 2 is 2.04 bits per heavy atom. The molecule has 0 radical (unpaired) electrons. The summed E-state index contributed by atoms with van der Waals surface area (Å²) < 4.78 is 1.84. The highest BCUT2D eigenvalue weighted by Crippen LogP contribution is 2.09. The topological polar surface area (TPSA) is 75.6 Å². The molecule has 2 aromatic heterocycles. The molecule has 0 bridgehead atoms. The number of aromatic nitrogens is 4. The summed E-state index contributed by atoms with van der Waals surface area (Å²) in [5.74, 6) is 0.692. The van der Waals surface area contributed by atoms with E-state index >= 15 is 0 Å². The summed E-state index contributed by atoms with van der Waals surface area (Å²) in [5, 5.41) is 3.08. The number of benzene rings is 1. The Kier molecular flexibility index (Phi) is 5.90. The molecule has 0 unspecified atom stereocenters. The first-order valence-electron chi connectivity index (χ1n) is 7.40. The number of imidazole rings is 1. The van der Waals surface area contributed by atoms with E-state index in [1.54, 1.807) is 6.33 Å². The van der Waals surface area contributed by atoms with E-state index in [9.17, 15) is 4.79 Å². The lowest BCUT2D eigenvalue weighted by atomic mass is 10.2. The van der Waals surface area contributed by atoms with Gasteiger partial charge >= 0.3 is 0 Å². The van der Waals surface area contributed by atoms with Crippen LogP contribution in [0, 0.1) is 0 Å². The van der Waals surface area contributed by atoms with E-state index in [1.165, 1.54) is 0 Å². The van der Waals surface area contributed by atoms with Crippen LogP contribution in [0.4, 0.5) is 0 Å². The van der Waals surface area contributed by atoms with E-state index < -0.39 is 0 Å². The lowest BCUT2D eigenvalue weighted by Crippen LogP contribution is -2.16. The fourth-order valence-electron chi connectivity index (χ4n) is 2.48. The average Bonchev–Trinajstić information content (AvgIpc) is 2.92. The van der Waals surface area contributed by atoms with Crippen LogP contribution in [0.5, 0.6) is 0 Å². The van der Waals surface area contributed by atoms with Crippen LogP contribution in [0.15, 0.2) is 41.5 Å². The third-order valence-corrected chi connectivity index (χ3v) is 3.57. The molecule has 7 heteroatoms. The Labute approximate surface area is 140 Å². The predicted molar refractivity (Wildman–Crippen MR) is 93.2 cm³/mol. The maximum Gasteiger partial charge on any atom is 0.277 e. The zero-order valence-electron chi connectivity index (χ0n) is 13.0. The molecule has 0 aliphatic rings. The molecule has 3 aromatic rings. The SMILES string of the molecule is CNCCCc1nc2ncn(Cc3ccccc3)c2c(=O)[nH]1.Cl. The first-order chi connectivity index (χ1) is 10.8. The van der Waals surface area contributed by atoms with Crippen LogP contribution >= 0.6 is 12.4 Å². The number of H-pyrrole nitrogens is 1. The van der Waals surface area contributed by atoms with Crippen LogP contribution in [-0.2, 0) is 13.0 Å². The number of nitrogens with zero attached hydrogens (tertiary/aromatic N) is 3. The molecule has 0 aliphatic heterocycles. The van der Waals surface area contributed by atoms with Gasteiger partial charge in [0.1, 0.15) is 5.82 Å². The highest BCUT2D eigenvalue weighted by atomic mass is 35.5. The Morgan fingerprint density at radius 1 is 1.26 bits per heavy atom. The molecule has 0 saturated heterocycles. The quantitative estimate of drug-likeness (QED) is 0.674. The molecule has 122 valence electrons. The Hall–Kier alpha value is -2.18. The second kappa shape index (κ2) is 7.89. The summed E-state index contributed by atoms with van der Waals surface area (Å²) in [6, 6.07) is 9.99. The van der Waals surface area contributed by atoms with Crippen LogP contribution in [0.3, 0.4) is 0 Å². The van der Waals surface area contributed by atoms with Crippen molar-refractivity contribution in [2.75, 3.05) is 13.6 Å². The zero-order chi connectivity index (χ0) is 15.4. The average molecular weight is 334 g/mol. The van der Waals surface area contributed by atoms with Crippen molar-refractivity contribution in [2.24, 2.45) is 0 Å². The van der Waals surface area contributed by atoms with E-state index in [2.05, 4.69) is 20.3 Å². The minimum Gasteiger partial charge on any atom is -0.320 e. The molecule has 0 saturated carbocycles. The van der Waals surface area contributed by atoms with Crippen molar-refractivity contribution in [3.05, 3.63) is 58.4 Å². The maximum absolute atomic E-state index is 12.3. The van der Waals surface area contributed by atoms with Crippen molar-refractivity contribution in [1.29, 1.82) is 0 Å². The van der Waals surface area contributed by atoms with Gasteiger partial charge in [-0.25, -0.2) is 9.97 Å². The summed E-state index contributed by atoms with van der Waals surface area (Å²) in [4.78, 5) is 23.9. The molecule has 1 aromatic carbocycles. The fraction of sp³-hybridized carbons (Fsp3) is 0.312. The molecular formula is C16H20ClN5O. The predicted octanol–water partition coefficient (Wildman–Crippen LogP) is 1.74. The second-order valence-electron chi connectivity index (χ2n) is 5.25. The first-order valence-corrected chi connectivity index (χ1v) is 7.40. The number of aromatic amines is 1. The van der Waals surface area contributed by atoms with Crippen LogP contribution in [0.2, 0.25) is 0 Å². The Balaban J connectivity index is 0.00000192. The number of nitrogens with one attached hydrogen (secondary N) is 2. The van der Waals surface area contributed by atoms with Gasteiger partial charge in [0.05, 0.1) is 6.33 Å². The van der Waals surface area contributed by atoms with Crippen LogP contribution < -0.4 is 10.9 Å². The van der Waals surface area contributed by atoms with Gasteiger partial charge in [0.2, 0.25) is 0 Å². The fourth-order valence-corrected chi connectivity index (χ4v) is 2.48. The van der Waals surface area contributed by atoms with Crippen LogP contribution in [0.1, 0.15) is 17.8 Å². The van der Waals surface area contributed by atoms with Gasteiger partial charge in [-0.05, 0) is 25.6 Å². The van der Waals surface area contributed by atoms with Gasteiger partial charge in [0, 0.05) is 13.0 Å². The van der Waals surface area contributed by atoms with E-state index in [-0.39, 0.29) is 18.0 Å². The Bertz CT molecular complexity index is 812. The number of hydrogen-bond acceptors (Lipinski definition) is 4. The normalized spacial score (nSPS) is 10.7. The summed E-state index contributed by atoms with van der Waals surface area (Å²) >= 11 is 0. The summed E-state index contributed by atoms with van der Waals surface area (Å²) in [6.07, 6.45) is 3.34. The number of rotatable bonds is 6. The van der Waals surface area contributed by atoms with Crippen molar-refractivity contribution in [3.63, 3.8) is 0 Å². The standard InChI is InChI=1S/C16H19N5O.ClH/c1-17-9-5-8-13-19-15-14(16(22)20-13)21(11-18-15)10-12-6-3-2-4-7-12;/h2-4,6-7,11,17H,5,8-10H2,1H3,(H,19,20,22);1H. The number of fused-ring (bicyclic) bond motifs is 1. The molecule has 0 spiro atoms. The third kappa shape index (κ3) is 3.97. The highest BCUT2D eigenvalue weighted by Gasteiger charge is 2.10. The molecule has 2 N–H and O–H groups in total. The second-order valence-corrected chi connectivity index (χ2v) is 5.25. The van der Waals surface area contributed by atoms with Crippen molar-refractivity contribution >= 4 is 23.6 Å². The zero-order valence-corrected chi connectivity index (χ0v) is 13.8. The van der Waals surface area contributed by atoms with Crippen molar-refractivity contribution in [3.8, 4) is 0 Å². The number of hydrogen-bond donors (Lipinski definition) is 2. The van der Waals surface area contributed by atoms with Gasteiger partial charge in [0.15, 0.2) is 11.2 Å². The van der Waals surface area contributed by atoms with Crippen LogP contribution in [-0.4, -0.2) is 33.1 Å². The van der Waals surface area contributed by atoms with Gasteiger partial charge in [-0.15, -0.1) is 12.4 Å².